The molecule has 0 atom stereocenters. The molecule has 0 aromatic carbocycles. The highest BCUT2D eigenvalue weighted by Gasteiger charge is 2.01. The molecular formula is C9H12O4. The second-order valence-electron chi connectivity index (χ2n) is 2.54. The van der Waals surface area contributed by atoms with Gasteiger partial charge in [-0.2, -0.15) is 0 Å². The van der Waals surface area contributed by atoms with Gasteiger partial charge in [-0.1, -0.05) is 0 Å². The van der Waals surface area contributed by atoms with Crippen molar-refractivity contribution in [2.24, 2.45) is 0 Å². The Morgan fingerprint density at radius 1 is 1.54 bits per heavy atom. The van der Waals surface area contributed by atoms with Crippen molar-refractivity contribution in [2.45, 2.75) is 6.61 Å². The van der Waals surface area contributed by atoms with Gasteiger partial charge in [-0.3, -0.25) is 4.79 Å². The van der Waals surface area contributed by atoms with E-state index in [1.807, 2.05) is 0 Å². The third-order valence-electron chi connectivity index (χ3n) is 1.39. The maximum absolute atomic E-state index is 10.9. The molecule has 4 heteroatoms. The number of rotatable bonds is 6. The van der Waals surface area contributed by atoms with Gasteiger partial charge in [-0.25, -0.2) is 0 Å². The first-order chi connectivity index (χ1) is 6.33. The molecule has 13 heavy (non-hydrogen) atoms. The molecule has 72 valence electrons. The predicted molar refractivity (Wildman–Crippen MR) is 45.2 cm³/mol. The molecule has 0 saturated carbocycles. The summed E-state index contributed by atoms with van der Waals surface area (Å²) in [5.74, 6) is 0.638. The van der Waals surface area contributed by atoms with Crippen LogP contribution in [-0.2, 0) is 20.9 Å². The molecule has 0 bridgehead atoms. The number of carbonyl (C=O) groups is 1. The number of methoxy groups -OCH3 is 1. The molecule has 0 aliphatic carbocycles. The molecule has 0 N–H and O–H groups in total. The first-order valence-corrected chi connectivity index (χ1v) is 3.93. The lowest BCUT2D eigenvalue weighted by molar-refractivity contribution is -0.127. The van der Waals surface area contributed by atoms with Crippen molar-refractivity contribution in [3.63, 3.8) is 0 Å². The molecule has 4 nitrogen and oxygen atoms in total. The Bertz CT molecular complexity index is 240. The number of Topliss-reactive ketones (excluding diaryl/α,β-unsaturated/α-hetero) is 1. The fourth-order valence-electron chi connectivity index (χ4n) is 0.863. The topological polar surface area (TPSA) is 48.7 Å². The maximum atomic E-state index is 10.9. The minimum Gasteiger partial charge on any atom is -0.467 e. The quantitative estimate of drug-likeness (QED) is 0.662. The largest absolute Gasteiger partial charge is 0.467 e. The molecular weight excluding hydrogens is 172 g/mol. The molecule has 0 fully saturated rings. The smallest absolute Gasteiger partial charge is 0.183 e. The normalized spacial score (nSPS) is 10.2. The van der Waals surface area contributed by atoms with Gasteiger partial charge in [0.25, 0.3) is 0 Å². The van der Waals surface area contributed by atoms with Crippen LogP contribution in [0.1, 0.15) is 5.76 Å². The van der Waals surface area contributed by atoms with E-state index < -0.39 is 0 Å². The van der Waals surface area contributed by atoms with Gasteiger partial charge in [0.05, 0.1) is 6.26 Å². The van der Waals surface area contributed by atoms with Crippen LogP contribution in [0.15, 0.2) is 22.8 Å². The van der Waals surface area contributed by atoms with Crippen molar-refractivity contribution < 1.29 is 18.7 Å². The van der Waals surface area contributed by atoms with Gasteiger partial charge in [0.1, 0.15) is 25.6 Å². The van der Waals surface area contributed by atoms with E-state index in [0.29, 0.717) is 12.4 Å². The highest BCUT2D eigenvalue weighted by molar-refractivity contribution is 5.80. The molecule has 0 spiro atoms. The highest BCUT2D eigenvalue weighted by atomic mass is 16.5. The lowest BCUT2D eigenvalue weighted by atomic mass is 10.4. The fourth-order valence-corrected chi connectivity index (χ4v) is 0.863. The molecule has 0 saturated heterocycles. The highest BCUT2D eigenvalue weighted by Crippen LogP contribution is 2.01. The number of hydrogen-bond acceptors (Lipinski definition) is 4. The van der Waals surface area contributed by atoms with Gasteiger partial charge in [0.15, 0.2) is 5.78 Å². The average Bonchev–Trinajstić information content (AvgIpc) is 2.57. The van der Waals surface area contributed by atoms with E-state index in [1.54, 1.807) is 18.4 Å². The number of hydrogen-bond donors (Lipinski definition) is 0. The molecule has 1 heterocycles. The van der Waals surface area contributed by atoms with Crippen molar-refractivity contribution in [3.05, 3.63) is 24.2 Å². The number of furan rings is 1. The Kier molecular flexibility index (Phi) is 4.21. The molecule has 1 rings (SSSR count). The van der Waals surface area contributed by atoms with Gasteiger partial charge in [-0.15, -0.1) is 0 Å². The van der Waals surface area contributed by atoms with E-state index in [2.05, 4.69) is 4.74 Å². The zero-order valence-electron chi connectivity index (χ0n) is 7.49. The van der Waals surface area contributed by atoms with Crippen LogP contribution in [0, 0.1) is 0 Å². The summed E-state index contributed by atoms with van der Waals surface area (Å²) < 4.78 is 14.7. The molecule has 0 amide bonds. The number of ether oxygens (including phenoxy) is 2. The summed E-state index contributed by atoms with van der Waals surface area (Å²) in [6, 6.07) is 3.57. The molecule has 0 unspecified atom stereocenters. The van der Waals surface area contributed by atoms with E-state index in [9.17, 15) is 4.79 Å². The van der Waals surface area contributed by atoms with E-state index in [-0.39, 0.29) is 19.0 Å². The van der Waals surface area contributed by atoms with E-state index >= 15 is 0 Å². The Morgan fingerprint density at radius 2 is 2.38 bits per heavy atom. The second-order valence-corrected chi connectivity index (χ2v) is 2.54. The van der Waals surface area contributed by atoms with Crippen LogP contribution >= 0.6 is 0 Å². The van der Waals surface area contributed by atoms with Gasteiger partial charge < -0.3 is 13.9 Å². The van der Waals surface area contributed by atoms with E-state index in [1.165, 1.54) is 7.11 Å². The zero-order valence-corrected chi connectivity index (χ0v) is 7.49. The van der Waals surface area contributed by atoms with Crippen molar-refractivity contribution in [1.82, 2.24) is 0 Å². The molecule has 0 radical (unpaired) electrons. The zero-order chi connectivity index (χ0) is 9.52. The van der Waals surface area contributed by atoms with Gasteiger partial charge in [0, 0.05) is 7.11 Å². The van der Waals surface area contributed by atoms with E-state index in [0.717, 1.165) is 0 Å². The van der Waals surface area contributed by atoms with Gasteiger partial charge in [-0.05, 0) is 12.1 Å². The van der Waals surface area contributed by atoms with Crippen LogP contribution in [0.2, 0.25) is 0 Å². The molecule has 1 aromatic heterocycles. The molecule has 0 aliphatic heterocycles. The summed E-state index contributed by atoms with van der Waals surface area (Å²) in [4.78, 5) is 10.9. The molecule has 0 aliphatic rings. The van der Waals surface area contributed by atoms with Crippen LogP contribution in [0.3, 0.4) is 0 Å². The summed E-state index contributed by atoms with van der Waals surface area (Å²) in [6.07, 6.45) is 1.57. The maximum Gasteiger partial charge on any atom is 0.183 e. The SMILES string of the molecule is COCC(=O)COCc1ccco1. The van der Waals surface area contributed by atoms with Crippen LogP contribution < -0.4 is 0 Å². The third kappa shape index (κ3) is 3.87. The summed E-state index contributed by atoms with van der Waals surface area (Å²) in [6.45, 7) is 0.481. The minimum atomic E-state index is -0.0749. The third-order valence-corrected chi connectivity index (χ3v) is 1.39. The van der Waals surface area contributed by atoms with E-state index in [4.69, 9.17) is 9.15 Å². The predicted octanol–water partition coefficient (Wildman–Crippen LogP) is 1.01. The van der Waals surface area contributed by atoms with Crippen LogP contribution in [0.5, 0.6) is 0 Å². The summed E-state index contributed by atoms with van der Waals surface area (Å²) >= 11 is 0. The summed E-state index contributed by atoms with van der Waals surface area (Å²) in [5.41, 5.74) is 0. The minimum absolute atomic E-state index is 0.0640. The van der Waals surface area contributed by atoms with Crippen molar-refractivity contribution in [3.8, 4) is 0 Å². The monoisotopic (exact) mass is 184 g/mol. The summed E-state index contributed by atoms with van der Waals surface area (Å²) in [7, 11) is 1.48. The Morgan fingerprint density at radius 3 is 3.00 bits per heavy atom. The Balaban J connectivity index is 2.11. The molecule has 1 aromatic rings. The second kappa shape index (κ2) is 5.50. The number of carbonyl (C=O) groups excluding carboxylic acids is 1. The average molecular weight is 184 g/mol. The van der Waals surface area contributed by atoms with Crippen molar-refractivity contribution >= 4 is 5.78 Å². The Hall–Kier alpha value is -1.13. The first kappa shape index (κ1) is 9.95. The standard InChI is InChI=1S/C9H12O4/c1-11-5-8(10)6-12-7-9-3-2-4-13-9/h2-4H,5-7H2,1H3. The number of ketones is 1. The van der Waals surface area contributed by atoms with Gasteiger partial charge in [0.2, 0.25) is 0 Å². The van der Waals surface area contributed by atoms with Crippen LogP contribution in [0.25, 0.3) is 0 Å². The van der Waals surface area contributed by atoms with Crippen LogP contribution in [-0.4, -0.2) is 26.1 Å². The van der Waals surface area contributed by atoms with Crippen molar-refractivity contribution in [2.75, 3.05) is 20.3 Å². The van der Waals surface area contributed by atoms with Crippen molar-refractivity contribution in [1.29, 1.82) is 0 Å². The first-order valence-electron chi connectivity index (χ1n) is 3.93. The van der Waals surface area contributed by atoms with Gasteiger partial charge >= 0.3 is 0 Å². The van der Waals surface area contributed by atoms with Crippen LogP contribution in [0.4, 0.5) is 0 Å². The fraction of sp³-hybridized carbons (Fsp3) is 0.444. The lowest BCUT2D eigenvalue weighted by Crippen LogP contribution is -2.13. The summed E-state index contributed by atoms with van der Waals surface area (Å²) in [5, 5.41) is 0. The Labute approximate surface area is 76.4 Å². The lowest BCUT2D eigenvalue weighted by Gasteiger charge is -2.00.